The van der Waals surface area contributed by atoms with E-state index in [2.05, 4.69) is 39.8 Å². The smallest absolute Gasteiger partial charge is 0.260 e. The lowest BCUT2D eigenvalue weighted by atomic mass is 9.73. The Morgan fingerprint density at radius 1 is 1.14 bits per heavy atom. The summed E-state index contributed by atoms with van der Waals surface area (Å²) in [6.07, 6.45) is 2.85. The van der Waals surface area contributed by atoms with Crippen LogP contribution in [0, 0.1) is 24.2 Å². The zero-order chi connectivity index (χ0) is 26.3. The number of hydrogen-bond acceptors (Lipinski definition) is 5. The van der Waals surface area contributed by atoms with Gasteiger partial charge in [0.05, 0.1) is 17.3 Å². The third-order valence-corrected chi connectivity index (χ3v) is 8.17. The number of rotatable bonds is 3. The molecule has 1 aromatic heterocycles. The first-order valence-electron chi connectivity index (χ1n) is 12.5. The Kier molecular flexibility index (Phi) is 7.08. The van der Waals surface area contributed by atoms with E-state index in [9.17, 15) is 4.79 Å². The topological polar surface area (TPSA) is 67.4 Å². The minimum Gasteiger partial charge on any atom is -0.356 e. The molecule has 2 N–H and O–H groups in total. The molecule has 5 rings (SSSR count). The highest BCUT2D eigenvalue weighted by atomic mass is 35.5. The van der Waals surface area contributed by atoms with E-state index in [-0.39, 0.29) is 17.0 Å². The van der Waals surface area contributed by atoms with Gasteiger partial charge in [0.1, 0.15) is 11.6 Å². The summed E-state index contributed by atoms with van der Waals surface area (Å²) in [6, 6.07) is 13.1. The van der Waals surface area contributed by atoms with Crippen LogP contribution in [0.1, 0.15) is 41.4 Å². The molecule has 0 unspecified atom stereocenters. The third-order valence-electron chi connectivity index (χ3n) is 7.62. The van der Waals surface area contributed by atoms with Gasteiger partial charge in [-0.25, -0.2) is 4.98 Å². The molecule has 2 heterocycles. The minimum atomic E-state index is -0.181. The summed E-state index contributed by atoms with van der Waals surface area (Å²) < 4.78 is 1.51. The van der Waals surface area contributed by atoms with Gasteiger partial charge < -0.3 is 10.6 Å². The fourth-order valence-corrected chi connectivity index (χ4v) is 5.97. The van der Waals surface area contributed by atoms with Gasteiger partial charge in [-0.1, -0.05) is 41.1 Å². The van der Waals surface area contributed by atoms with Crippen LogP contribution in [0.5, 0.6) is 0 Å². The average Bonchev–Trinajstić information content (AvgIpc) is 3.11. The zero-order valence-electron chi connectivity index (χ0n) is 21.4. The number of nitrogens with two attached hydrogens (primary N) is 1. The molecule has 1 saturated heterocycles. The number of aromatic nitrogens is 2. The molecule has 6 nitrogen and oxygen atoms in total. The molecule has 1 aliphatic carbocycles. The van der Waals surface area contributed by atoms with Crippen molar-refractivity contribution in [3.8, 4) is 17.5 Å². The van der Waals surface area contributed by atoms with Crippen molar-refractivity contribution in [1.82, 2.24) is 14.5 Å². The number of nitrogens with zero attached hydrogens (tertiary/aromatic N) is 4. The molecule has 2 aliphatic rings. The normalized spacial score (nSPS) is 18.1. The molecule has 1 aliphatic heterocycles. The maximum absolute atomic E-state index is 13.1. The first kappa shape index (κ1) is 25.8. The van der Waals surface area contributed by atoms with Crippen molar-refractivity contribution in [1.29, 1.82) is 0 Å². The van der Waals surface area contributed by atoms with Crippen molar-refractivity contribution < 1.29 is 0 Å². The molecular weight excluding hydrogens is 505 g/mol. The highest BCUT2D eigenvalue weighted by Gasteiger charge is 2.46. The van der Waals surface area contributed by atoms with Gasteiger partial charge in [-0.15, -0.1) is 0 Å². The number of aryl methyl sites for hydroxylation is 1. The van der Waals surface area contributed by atoms with Crippen molar-refractivity contribution in [2.45, 2.75) is 32.2 Å². The Balaban J connectivity index is 1.33. The second-order valence-corrected chi connectivity index (χ2v) is 11.2. The van der Waals surface area contributed by atoms with Crippen molar-refractivity contribution in [3.63, 3.8) is 0 Å². The summed E-state index contributed by atoms with van der Waals surface area (Å²) in [5.74, 6) is 7.74. The SMILES string of the molecule is Cc1nc(N2CCC3(CC2)Cc2ccc(C#CCN(C)C)cc2[C@H]3N)cc(=O)n1-c1cc(Cl)ccc1Cl. The van der Waals surface area contributed by atoms with E-state index in [1.807, 2.05) is 21.0 Å². The first-order chi connectivity index (χ1) is 17.7. The van der Waals surface area contributed by atoms with Gasteiger partial charge in [0.15, 0.2) is 0 Å². The monoisotopic (exact) mass is 535 g/mol. The van der Waals surface area contributed by atoms with E-state index in [4.69, 9.17) is 33.9 Å². The maximum Gasteiger partial charge on any atom is 0.260 e. The summed E-state index contributed by atoms with van der Waals surface area (Å²) in [6.45, 7) is 4.14. The van der Waals surface area contributed by atoms with Crippen LogP contribution < -0.4 is 16.2 Å². The second kappa shape index (κ2) is 10.2. The summed E-state index contributed by atoms with van der Waals surface area (Å²) in [5.41, 5.74) is 10.8. The molecular formula is C29H31Cl2N5O. The molecule has 1 spiro atoms. The van der Waals surface area contributed by atoms with Gasteiger partial charge in [0.2, 0.25) is 0 Å². The number of halogens is 2. The van der Waals surface area contributed by atoms with E-state index in [1.165, 1.54) is 15.7 Å². The van der Waals surface area contributed by atoms with Gasteiger partial charge in [-0.05, 0) is 87.2 Å². The van der Waals surface area contributed by atoms with E-state index < -0.39 is 0 Å². The third kappa shape index (κ3) is 5.02. The van der Waals surface area contributed by atoms with Crippen LogP contribution in [0.2, 0.25) is 10.0 Å². The Hall–Kier alpha value is -2.82. The molecule has 3 aromatic rings. The number of benzene rings is 2. The molecule has 1 fully saturated rings. The molecule has 0 amide bonds. The van der Waals surface area contributed by atoms with Crippen LogP contribution in [-0.4, -0.2) is 48.2 Å². The van der Waals surface area contributed by atoms with E-state index in [0.717, 1.165) is 44.5 Å². The first-order valence-corrected chi connectivity index (χ1v) is 13.3. The molecule has 192 valence electrons. The Labute approximate surface area is 228 Å². The fourth-order valence-electron chi connectivity index (χ4n) is 5.61. The molecule has 2 aromatic carbocycles. The number of fused-ring (bicyclic) bond motifs is 1. The minimum absolute atomic E-state index is 0.0204. The predicted molar refractivity (Wildman–Crippen MR) is 151 cm³/mol. The lowest BCUT2D eigenvalue weighted by Crippen LogP contribution is -2.45. The molecule has 0 saturated carbocycles. The zero-order valence-corrected chi connectivity index (χ0v) is 22.9. The van der Waals surface area contributed by atoms with Crippen LogP contribution in [0.4, 0.5) is 5.82 Å². The molecule has 37 heavy (non-hydrogen) atoms. The van der Waals surface area contributed by atoms with E-state index in [1.54, 1.807) is 24.3 Å². The Morgan fingerprint density at radius 2 is 1.89 bits per heavy atom. The lowest BCUT2D eigenvalue weighted by molar-refractivity contribution is 0.187. The van der Waals surface area contributed by atoms with Gasteiger partial charge in [0, 0.05) is 35.8 Å². The summed E-state index contributed by atoms with van der Waals surface area (Å²) in [5, 5.41) is 0.962. The molecule has 0 bridgehead atoms. The summed E-state index contributed by atoms with van der Waals surface area (Å²) in [7, 11) is 4.03. The Bertz CT molecular complexity index is 1460. The van der Waals surface area contributed by atoms with Gasteiger partial charge >= 0.3 is 0 Å². The van der Waals surface area contributed by atoms with Crippen molar-refractivity contribution in [2.75, 3.05) is 38.6 Å². The number of piperidine rings is 1. The van der Waals surface area contributed by atoms with Crippen LogP contribution in [-0.2, 0) is 6.42 Å². The van der Waals surface area contributed by atoms with Crippen LogP contribution in [0.25, 0.3) is 5.69 Å². The molecule has 1 atom stereocenters. The predicted octanol–water partition coefficient (Wildman–Crippen LogP) is 4.60. The standard InChI is InChI=1S/C29H31Cl2N5O/c1-19-33-26(17-27(37)36(19)25-16-22(30)8-9-24(25)31)35-13-10-29(11-14-35)18-21-7-6-20(5-4-12-34(2)3)15-23(21)28(29)32/h6-9,15-17,28H,10-14,18,32H2,1-3H3/t28-/m1/s1. The summed E-state index contributed by atoms with van der Waals surface area (Å²) in [4.78, 5) is 22.1. The van der Waals surface area contributed by atoms with Gasteiger partial charge in [-0.2, -0.15) is 0 Å². The van der Waals surface area contributed by atoms with Gasteiger partial charge in [-0.3, -0.25) is 14.3 Å². The highest BCUT2D eigenvalue weighted by molar-refractivity contribution is 6.34. The quantitative estimate of drug-likeness (QED) is 0.496. The molecule has 8 heteroatoms. The van der Waals surface area contributed by atoms with Crippen LogP contribution in [0.3, 0.4) is 0 Å². The van der Waals surface area contributed by atoms with Gasteiger partial charge in [0.25, 0.3) is 5.56 Å². The average molecular weight is 537 g/mol. The van der Waals surface area contributed by atoms with Crippen LogP contribution in [0.15, 0.2) is 47.3 Å². The number of anilines is 1. The van der Waals surface area contributed by atoms with E-state index in [0.29, 0.717) is 27.4 Å². The molecule has 0 radical (unpaired) electrons. The highest BCUT2D eigenvalue weighted by Crippen LogP contribution is 2.51. The largest absolute Gasteiger partial charge is 0.356 e. The Morgan fingerprint density at radius 3 is 2.59 bits per heavy atom. The van der Waals surface area contributed by atoms with Crippen molar-refractivity contribution in [2.24, 2.45) is 11.1 Å². The van der Waals surface area contributed by atoms with Crippen molar-refractivity contribution in [3.05, 3.63) is 85.4 Å². The second-order valence-electron chi connectivity index (χ2n) is 10.4. The maximum atomic E-state index is 13.1. The fraction of sp³-hybridized carbons (Fsp3) is 0.379. The van der Waals surface area contributed by atoms with Crippen molar-refractivity contribution >= 4 is 29.0 Å². The summed E-state index contributed by atoms with van der Waals surface area (Å²) >= 11 is 12.5. The number of hydrogen-bond donors (Lipinski definition) is 1. The van der Waals surface area contributed by atoms with Crippen LogP contribution >= 0.6 is 23.2 Å². The lowest BCUT2D eigenvalue weighted by Gasteiger charge is -2.42. The van der Waals surface area contributed by atoms with E-state index >= 15 is 0 Å².